The van der Waals surface area contributed by atoms with Crippen LogP contribution < -0.4 is 0 Å². The smallest absolute Gasteiger partial charge is 0.150 e. The molecule has 0 aromatic carbocycles. The van der Waals surface area contributed by atoms with Crippen molar-refractivity contribution < 1.29 is 13.5 Å². The fourth-order valence-electron chi connectivity index (χ4n) is 1.86. The Morgan fingerprint density at radius 3 is 2.36 bits per heavy atom. The van der Waals surface area contributed by atoms with Gasteiger partial charge in [0.1, 0.15) is 9.84 Å². The van der Waals surface area contributed by atoms with Crippen LogP contribution in [0.15, 0.2) is 0 Å². The zero-order valence-corrected chi connectivity index (χ0v) is 9.63. The van der Waals surface area contributed by atoms with Gasteiger partial charge in [0.25, 0.3) is 0 Å². The summed E-state index contributed by atoms with van der Waals surface area (Å²) >= 11 is 0. The van der Waals surface area contributed by atoms with Crippen molar-refractivity contribution in [3.8, 4) is 0 Å². The van der Waals surface area contributed by atoms with E-state index in [1.54, 1.807) is 0 Å². The second-order valence-corrected chi connectivity index (χ2v) is 6.49. The number of nitrogens with zero attached hydrogens (tertiary/aromatic N) is 1. The van der Waals surface area contributed by atoms with Gasteiger partial charge in [-0.2, -0.15) is 0 Å². The molecule has 0 bridgehead atoms. The van der Waals surface area contributed by atoms with Crippen molar-refractivity contribution in [1.29, 1.82) is 0 Å². The van der Waals surface area contributed by atoms with Crippen LogP contribution in [0.4, 0.5) is 0 Å². The number of hydrogen-bond acceptors (Lipinski definition) is 4. The highest BCUT2D eigenvalue weighted by Crippen LogP contribution is 2.20. The van der Waals surface area contributed by atoms with Gasteiger partial charge in [0.05, 0.1) is 11.9 Å². The molecule has 4 nitrogen and oxygen atoms in total. The molecule has 1 heterocycles. The van der Waals surface area contributed by atoms with Crippen LogP contribution in [0.2, 0.25) is 0 Å². The van der Waals surface area contributed by atoms with Crippen molar-refractivity contribution in [1.82, 2.24) is 4.90 Å². The highest BCUT2D eigenvalue weighted by atomic mass is 32.2. The predicted octanol–water partition coefficient (Wildman–Crippen LogP) is -0.266. The molecule has 0 aromatic heterocycles. The number of hydrogen-bond donors (Lipinski definition) is 1. The minimum Gasteiger partial charge on any atom is -0.392 e. The SMILES string of the molecule is CN1CCC(C(O)CS(C)(=O)=O)CC1. The summed E-state index contributed by atoms with van der Waals surface area (Å²) in [4.78, 5) is 2.20. The summed E-state index contributed by atoms with van der Waals surface area (Å²) in [6.45, 7) is 1.90. The molecule has 0 amide bonds. The molecular formula is C9H19NO3S. The molecule has 0 radical (unpaired) electrons. The zero-order valence-electron chi connectivity index (χ0n) is 8.81. The topological polar surface area (TPSA) is 57.6 Å². The molecule has 5 heteroatoms. The van der Waals surface area contributed by atoms with E-state index in [1.807, 2.05) is 7.05 Å². The monoisotopic (exact) mass is 221 g/mol. The molecule has 1 saturated heterocycles. The van der Waals surface area contributed by atoms with Gasteiger partial charge in [-0.25, -0.2) is 8.42 Å². The van der Waals surface area contributed by atoms with E-state index in [0.717, 1.165) is 25.9 Å². The van der Waals surface area contributed by atoms with E-state index in [2.05, 4.69) is 4.90 Å². The zero-order chi connectivity index (χ0) is 10.8. The van der Waals surface area contributed by atoms with E-state index in [9.17, 15) is 13.5 Å². The maximum absolute atomic E-state index is 11.0. The number of sulfone groups is 1. The number of piperidine rings is 1. The van der Waals surface area contributed by atoms with Crippen LogP contribution in [0.3, 0.4) is 0 Å². The molecule has 1 rings (SSSR count). The molecule has 1 aliphatic rings. The third kappa shape index (κ3) is 3.94. The minimum atomic E-state index is -3.05. The second kappa shape index (κ2) is 4.59. The first kappa shape index (κ1) is 11.9. The minimum absolute atomic E-state index is 0.0959. The number of aliphatic hydroxyl groups is 1. The van der Waals surface area contributed by atoms with E-state index >= 15 is 0 Å². The number of rotatable bonds is 3. The molecule has 0 aliphatic carbocycles. The van der Waals surface area contributed by atoms with Crippen molar-refractivity contribution >= 4 is 9.84 Å². The Hall–Kier alpha value is -0.130. The van der Waals surface area contributed by atoms with Gasteiger partial charge in [-0.1, -0.05) is 0 Å². The van der Waals surface area contributed by atoms with Crippen LogP contribution in [-0.2, 0) is 9.84 Å². The molecule has 1 N–H and O–H groups in total. The number of likely N-dealkylation sites (tertiary alicyclic amines) is 1. The summed E-state index contributed by atoms with van der Waals surface area (Å²) < 4.78 is 22.0. The highest BCUT2D eigenvalue weighted by molar-refractivity contribution is 7.90. The average molecular weight is 221 g/mol. The van der Waals surface area contributed by atoms with Gasteiger partial charge in [-0.15, -0.1) is 0 Å². The lowest BCUT2D eigenvalue weighted by Crippen LogP contribution is -2.38. The van der Waals surface area contributed by atoms with E-state index in [-0.39, 0.29) is 11.7 Å². The van der Waals surface area contributed by atoms with Gasteiger partial charge < -0.3 is 10.0 Å². The van der Waals surface area contributed by atoms with Crippen molar-refractivity contribution in [2.24, 2.45) is 5.92 Å². The van der Waals surface area contributed by atoms with Crippen LogP contribution in [0.1, 0.15) is 12.8 Å². The predicted molar refractivity (Wildman–Crippen MR) is 55.9 cm³/mol. The standard InChI is InChI=1S/C9H19NO3S/c1-10-5-3-8(4-6-10)9(11)7-14(2,12)13/h8-9,11H,3-7H2,1-2H3. The summed E-state index contributed by atoms with van der Waals surface area (Å²) in [5.74, 6) is 0.0578. The Morgan fingerprint density at radius 2 is 1.93 bits per heavy atom. The quantitative estimate of drug-likeness (QED) is 0.713. The maximum Gasteiger partial charge on any atom is 0.150 e. The molecule has 0 spiro atoms. The summed E-state index contributed by atoms with van der Waals surface area (Å²) in [7, 11) is -1.01. The summed E-state index contributed by atoms with van der Waals surface area (Å²) in [5, 5.41) is 9.70. The normalized spacial score (nSPS) is 23.6. The van der Waals surface area contributed by atoms with Crippen molar-refractivity contribution in [3.05, 3.63) is 0 Å². The van der Waals surface area contributed by atoms with Gasteiger partial charge in [-0.3, -0.25) is 0 Å². The fraction of sp³-hybridized carbons (Fsp3) is 1.00. The largest absolute Gasteiger partial charge is 0.392 e. The molecular weight excluding hydrogens is 202 g/mol. The van der Waals surface area contributed by atoms with Gasteiger partial charge in [-0.05, 0) is 38.9 Å². The van der Waals surface area contributed by atoms with Gasteiger partial charge in [0.2, 0.25) is 0 Å². The lowest BCUT2D eigenvalue weighted by molar-refractivity contribution is 0.0819. The third-order valence-electron chi connectivity index (χ3n) is 2.78. The molecule has 1 unspecified atom stereocenters. The fourth-order valence-corrected chi connectivity index (χ4v) is 2.75. The molecule has 0 aromatic rings. The summed E-state index contributed by atoms with van der Waals surface area (Å²) in [6.07, 6.45) is 2.28. The Morgan fingerprint density at radius 1 is 1.43 bits per heavy atom. The van der Waals surface area contributed by atoms with Crippen molar-refractivity contribution in [3.63, 3.8) is 0 Å². The van der Waals surface area contributed by atoms with Crippen molar-refractivity contribution in [2.45, 2.75) is 18.9 Å². The first-order chi connectivity index (χ1) is 6.38. The van der Waals surface area contributed by atoms with Crippen LogP contribution >= 0.6 is 0 Å². The molecule has 14 heavy (non-hydrogen) atoms. The average Bonchev–Trinajstić information content (AvgIpc) is 2.02. The lowest BCUT2D eigenvalue weighted by Gasteiger charge is -2.31. The van der Waals surface area contributed by atoms with E-state index in [4.69, 9.17) is 0 Å². The summed E-state index contributed by atoms with van der Waals surface area (Å²) in [6, 6.07) is 0. The van der Waals surface area contributed by atoms with E-state index < -0.39 is 15.9 Å². The van der Waals surface area contributed by atoms with Crippen LogP contribution in [0.5, 0.6) is 0 Å². The first-order valence-electron chi connectivity index (χ1n) is 4.93. The second-order valence-electron chi connectivity index (χ2n) is 4.30. The highest BCUT2D eigenvalue weighted by Gasteiger charge is 2.26. The third-order valence-corrected chi connectivity index (χ3v) is 3.73. The maximum atomic E-state index is 11.0. The molecule has 1 atom stereocenters. The van der Waals surface area contributed by atoms with E-state index in [0.29, 0.717) is 0 Å². The van der Waals surface area contributed by atoms with Crippen LogP contribution in [0, 0.1) is 5.92 Å². The molecule has 1 aliphatic heterocycles. The van der Waals surface area contributed by atoms with Crippen LogP contribution in [-0.4, -0.2) is 56.7 Å². The van der Waals surface area contributed by atoms with Gasteiger partial charge >= 0.3 is 0 Å². The Labute approximate surface area is 85.8 Å². The van der Waals surface area contributed by atoms with E-state index in [1.165, 1.54) is 6.26 Å². The van der Waals surface area contributed by atoms with Crippen LogP contribution in [0.25, 0.3) is 0 Å². The van der Waals surface area contributed by atoms with Crippen molar-refractivity contribution in [2.75, 3.05) is 32.1 Å². The first-order valence-corrected chi connectivity index (χ1v) is 6.99. The summed E-state index contributed by atoms with van der Waals surface area (Å²) in [5.41, 5.74) is 0. The molecule has 0 saturated carbocycles. The Balaban J connectivity index is 2.42. The molecule has 84 valence electrons. The Kier molecular flexibility index (Phi) is 3.92. The van der Waals surface area contributed by atoms with Gasteiger partial charge in [0, 0.05) is 6.26 Å². The molecule has 1 fully saturated rings. The Bertz CT molecular complexity index is 268. The lowest BCUT2D eigenvalue weighted by atomic mass is 9.92. The van der Waals surface area contributed by atoms with Gasteiger partial charge in [0.15, 0.2) is 0 Å². The number of aliphatic hydroxyl groups excluding tert-OH is 1.